The first-order valence-corrected chi connectivity index (χ1v) is 3.36. The van der Waals surface area contributed by atoms with E-state index in [-0.39, 0.29) is 35.2 Å². The molecule has 4 nitrogen and oxygen atoms in total. The van der Waals surface area contributed by atoms with Crippen LogP contribution in [0.15, 0.2) is 0 Å². The van der Waals surface area contributed by atoms with Crippen molar-refractivity contribution in [2.24, 2.45) is 0 Å². The Hall–Kier alpha value is -0.394. The molecular weight excluding hydrogens is 205 g/mol. The van der Waals surface area contributed by atoms with E-state index < -0.39 is 0 Å². The number of ether oxygens (including phenoxy) is 1. The van der Waals surface area contributed by atoms with Gasteiger partial charge in [-0.1, -0.05) is 6.42 Å². The molecule has 0 rings (SSSR count). The number of likely N-dealkylation sites (N-methyl/N-ethyl adjacent to an activating group) is 1. The van der Waals surface area contributed by atoms with Crippen LogP contribution < -0.4 is 5.32 Å². The van der Waals surface area contributed by atoms with Gasteiger partial charge in [-0.2, -0.15) is 6.42 Å². The molecule has 0 saturated carbocycles. The number of hydrogen-bond acceptors (Lipinski definition) is 4. The molecule has 0 spiro atoms. The van der Waals surface area contributed by atoms with E-state index in [0.717, 1.165) is 0 Å². The van der Waals surface area contributed by atoms with Crippen molar-refractivity contribution in [1.29, 1.82) is 0 Å². The quantitative estimate of drug-likeness (QED) is 0.504. The van der Waals surface area contributed by atoms with Crippen molar-refractivity contribution in [3.63, 3.8) is 0 Å². The smallest absolute Gasteiger partial charge is 0.322 e. The van der Waals surface area contributed by atoms with Crippen LogP contribution >= 0.6 is 0 Å². The van der Waals surface area contributed by atoms with Crippen LogP contribution in [0.25, 0.3) is 0 Å². The summed E-state index contributed by atoms with van der Waals surface area (Å²) in [6.45, 7) is 0. The Labute approximate surface area is 82.2 Å². The van der Waals surface area contributed by atoms with Gasteiger partial charge in [0.05, 0.1) is 7.11 Å². The maximum atomic E-state index is 10.8. The summed E-state index contributed by atoms with van der Waals surface area (Å²) in [5, 5.41) is 2.73. The van der Waals surface area contributed by atoms with E-state index in [4.69, 9.17) is 0 Å². The molecule has 1 atom stereocenters. The summed E-state index contributed by atoms with van der Waals surface area (Å²) in [4.78, 5) is 20.7. The van der Waals surface area contributed by atoms with Gasteiger partial charge >= 0.3 is 5.97 Å². The minimum Gasteiger partial charge on any atom is -0.542 e. The number of esters is 1. The number of hydrogen-bond donors (Lipinski definition) is 1. The number of carbonyl (C=O) groups is 1. The monoisotopic (exact) mass is 217 g/mol. The van der Waals surface area contributed by atoms with Crippen LogP contribution in [-0.2, 0) is 31.1 Å². The third-order valence-corrected chi connectivity index (χ3v) is 1.37. The summed E-state index contributed by atoms with van der Waals surface area (Å²) in [7, 11) is 2.96. The molecule has 12 heavy (non-hydrogen) atoms. The minimum atomic E-state index is -0.388. The molecule has 0 aliphatic carbocycles. The molecule has 1 radical (unpaired) electrons. The molecule has 5 heteroatoms. The zero-order valence-electron chi connectivity index (χ0n) is 7.05. The van der Waals surface area contributed by atoms with Crippen molar-refractivity contribution < 1.29 is 31.1 Å². The van der Waals surface area contributed by atoms with Gasteiger partial charge in [0.25, 0.3) is 0 Å². The van der Waals surface area contributed by atoms with Gasteiger partial charge in [-0.25, -0.2) is 0 Å². The molecule has 0 saturated heterocycles. The standard InChI is InChI=1S/C7H12NO3.Co/c1-8-6(4-3-5-9)7(10)11-2;/h6,8H,3-4H2,1-2H3;/q-1;. The summed E-state index contributed by atoms with van der Waals surface area (Å²) >= 11 is 0. The predicted molar refractivity (Wildman–Crippen MR) is 39.8 cm³/mol. The van der Waals surface area contributed by atoms with Crippen molar-refractivity contribution in [2.75, 3.05) is 14.2 Å². The Balaban J connectivity index is 0. The molecule has 0 bridgehead atoms. The van der Waals surface area contributed by atoms with Crippen LogP contribution in [0.4, 0.5) is 0 Å². The van der Waals surface area contributed by atoms with Gasteiger partial charge in [-0.15, -0.1) is 0 Å². The van der Waals surface area contributed by atoms with Crippen LogP contribution in [0.1, 0.15) is 12.8 Å². The summed E-state index contributed by atoms with van der Waals surface area (Å²) in [5.41, 5.74) is 0. The molecule has 1 unspecified atom stereocenters. The second-order valence-electron chi connectivity index (χ2n) is 2.05. The SMILES string of the molecule is CNC(CC[C-]=O)C(=O)OC.[Co]. The maximum absolute atomic E-state index is 10.8. The Bertz CT molecular complexity index is 141. The molecule has 0 aromatic rings. The number of carbonyl (C=O) groups excluding carboxylic acids is 2. The first-order valence-electron chi connectivity index (χ1n) is 3.36. The summed E-state index contributed by atoms with van der Waals surface area (Å²) in [6, 6.07) is -0.388. The van der Waals surface area contributed by atoms with Gasteiger partial charge in [0.2, 0.25) is 0 Å². The third kappa shape index (κ3) is 5.28. The molecule has 1 N–H and O–H groups in total. The van der Waals surface area contributed by atoms with E-state index in [0.29, 0.717) is 6.42 Å². The van der Waals surface area contributed by atoms with Crippen molar-refractivity contribution >= 4 is 12.3 Å². The average molecular weight is 217 g/mol. The summed E-state index contributed by atoms with van der Waals surface area (Å²) < 4.78 is 4.47. The Morgan fingerprint density at radius 1 is 1.67 bits per heavy atom. The van der Waals surface area contributed by atoms with Gasteiger partial charge in [0.1, 0.15) is 6.04 Å². The first kappa shape index (κ1) is 14.1. The summed E-state index contributed by atoms with van der Waals surface area (Å²) in [6.07, 6.45) is 2.40. The van der Waals surface area contributed by atoms with E-state index in [2.05, 4.69) is 10.1 Å². The van der Waals surface area contributed by atoms with Crippen molar-refractivity contribution in [3.8, 4) is 0 Å². The normalized spacial score (nSPS) is 11.2. The zero-order chi connectivity index (χ0) is 8.69. The maximum Gasteiger partial charge on any atom is 0.322 e. The topological polar surface area (TPSA) is 55.4 Å². The molecular formula is C7H12CoNO3-. The van der Waals surface area contributed by atoms with Gasteiger partial charge in [0, 0.05) is 16.8 Å². The molecule has 0 amide bonds. The van der Waals surface area contributed by atoms with Gasteiger partial charge in [0.15, 0.2) is 0 Å². The second-order valence-corrected chi connectivity index (χ2v) is 2.05. The molecule has 0 aromatic heterocycles. The van der Waals surface area contributed by atoms with Crippen LogP contribution in [-0.4, -0.2) is 32.5 Å². The first-order chi connectivity index (χ1) is 5.26. The van der Waals surface area contributed by atoms with Crippen LogP contribution in [0.5, 0.6) is 0 Å². The minimum absolute atomic E-state index is 0. The Kier molecular flexibility index (Phi) is 10.3. The fraction of sp³-hybridized carbons (Fsp3) is 0.714. The Morgan fingerprint density at radius 2 is 2.25 bits per heavy atom. The molecule has 0 aromatic carbocycles. The third-order valence-electron chi connectivity index (χ3n) is 1.37. The number of methoxy groups -OCH3 is 1. The molecule has 73 valence electrons. The van der Waals surface area contributed by atoms with Gasteiger partial charge in [-0.05, 0) is 7.05 Å². The van der Waals surface area contributed by atoms with E-state index >= 15 is 0 Å². The van der Waals surface area contributed by atoms with Gasteiger partial charge in [-0.3, -0.25) is 11.1 Å². The van der Waals surface area contributed by atoms with E-state index in [1.165, 1.54) is 7.11 Å². The zero-order valence-corrected chi connectivity index (χ0v) is 8.09. The van der Waals surface area contributed by atoms with Crippen molar-refractivity contribution in [1.82, 2.24) is 5.32 Å². The molecule has 0 aliphatic heterocycles. The van der Waals surface area contributed by atoms with E-state index in [1.54, 1.807) is 13.3 Å². The van der Waals surface area contributed by atoms with E-state index in [9.17, 15) is 9.59 Å². The fourth-order valence-corrected chi connectivity index (χ4v) is 0.726. The van der Waals surface area contributed by atoms with Gasteiger partial charge < -0.3 is 14.8 Å². The molecule has 0 aliphatic rings. The second kappa shape index (κ2) is 8.70. The largest absolute Gasteiger partial charge is 0.542 e. The van der Waals surface area contributed by atoms with Crippen molar-refractivity contribution in [2.45, 2.75) is 18.9 Å². The van der Waals surface area contributed by atoms with Crippen LogP contribution in [0.3, 0.4) is 0 Å². The van der Waals surface area contributed by atoms with E-state index in [1.807, 2.05) is 0 Å². The predicted octanol–water partition coefficient (Wildman–Crippen LogP) is -0.365. The Morgan fingerprint density at radius 3 is 2.58 bits per heavy atom. The van der Waals surface area contributed by atoms with Crippen LogP contribution in [0.2, 0.25) is 0 Å². The van der Waals surface area contributed by atoms with Crippen molar-refractivity contribution in [3.05, 3.63) is 0 Å². The number of rotatable bonds is 5. The fourth-order valence-electron chi connectivity index (χ4n) is 0.726. The molecule has 0 fully saturated rings. The van der Waals surface area contributed by atoms with Crippen LogP contribution in [0, 0.1) is 0 Å². The summed E-state index contributed by atoms with van der Waals surface area (Å²) in [5.74, 6) is -0.345. The molecule has 0 heterocycles. The average Bonchev–Trinajstić information content (AvgIpc) is 2.05. The number of nitrogens with one attached hydrogen (secondary N) is 1.